The van der Waals surface area contributed by atoms with Crippen LogP contribution in [0.25, 0.3) is 0 Å². The molecule has 2 fully saturated rings. The average molecular weight is 655 g/mol. The van der Waals surface area contributed by atoms with Gasteiger partial charge in [-0.3, -0.25) is 14.6 Å². The summed E-state index contributed by atoms with van der Waals surface area (Å²) in [5.41, 5.74) is 1.39. The first-order chi connectivity index (χ1) is 19.3. The lowest BCUT2D eigenvalue weighted by molar-refractivity contribution is 0.0950. The summed E-state index contributed by atoms with van der Waals surface area (Å²) in [5.74, 6) is -0.357. The zero-order valence-corrected chi connectivity index (χ0v) is 25.0. The molecule has 3 aromatic rings. The molecule has 0 atom stereocenters. The second-order valence-corrected chi connectivity index (χ2v) is 12.0. The molecule has 0 radical (unpaired) electrons. The predicted octanol–water partition coefficient (Wildman–Crippen LogP) is 6.39. The Labute approximate surface area is 252 Å². The molecule has 1 amide bonds. The van der Waals surface area contributed by atoms with Crippen LogP contribution in [-0.4, -0.2) is 66.0 Å². The molecule has 11 heteroatoms. The van der Waals surface area contributed by atoms with Gasteiger partial charge in [0.05, 0.1) is 10.6 Å². The van der Waals surface area contributed by atoms with Gasteiger partial charge in [0.15, 0.2) is 0 Å². The van der Waals surface area contributed by atoms with Crippen molar-refractivity contribution in [3.8, 4) is 0 Å². The van der Waals surface area contributed by atoms with E-state index in [1.165, 1.54) is 18.3 Å². The van der Waals surface area contributed by atoms with E-state index in [-0.39, 0.29) is 19.7 Å². The number of aromatic nitrogens is 1. The van der Waals surface area contributed by atoms with Gasteiger partial charge in [-0.25, -0.2) is 13.8 Å². The average Bonchev–Trinajstić information content (AvgIpc) is 2.94. The Hall–Kier alpha value is -2.30. The number of nitrogens with one attached hydrogen (secondary N) is 1. The van der Waals surface area contributed by atoms with Gasteiger partial charge in [-0.05, 0) is 56.3 Å². The maximum atomic E-state index is 14.2. The molecule has 5 rings (SSSR count). The van der Waals surface area contributed by atoms with Crippen molar-refractivity contribution in [2.24, 2.45) is 0 Å². The number of rotatable bonds is 7. The molecular formula is C29H32BrCl2F2N5O. The molecule has 1 N–H and O–H groups in total. The van der Waals surface area contributed by atoms with Gasteiger partial charge in [-0.2, -0.15) is 0 Å². The van der Waals surface area contributed by atoms with Crippen LogP contribution >= 0.6 is 39.1 Å². The standard InChI is InChI=1S/C29H30BrCl2F2N5O.H2/c30-22-3-1-20(26(33)14-22)18-37-7-5-24(6-8-37)38-9-11-39(12-10-38)28-25(32)13-21(17-35-28)29(40)36-16-19-2-4-23(31)15-27(19)34;/h1-4,13-15,17,24H,5-12,16,18H2,(H,36,40);1H. The summed E-state index contributed by atoms with van der Waals surface area (Å²) < 4.78 is 29.0. The Morgan fingerprint density at radius 1 is 0.975 bits per heavy atom. The van der Waals surface area contributed by atoms with Crippen LogP contribution in [0.2, 0.25) is 10.0 Å². The maximum Gasteiger partial charge on any atom is 0.253 e. The van der Waals surface area contributed by atoms with Crippen molar-refractivity contribution in [1.29, 1.82) is 0 Å². The van der Waals surface area contributed by atoms with Gasteiger partial charge in [-0.15, -0.1) is 0 Å². The molecule has 2 saturated heterocycles. The fraction of sp³-hybridized carbons (Fsp3) is 0.379. The normalized spacial score (nSPS) is 17.3. The molecule has 3 heterocycles. The second kappa shape index (κ2) is 13.1. The minimum Gasteiger partial charge on any atom is -0.353 e. The number of anilines is 1. The van der Waals surface area contributed by atoms with E-state index in [2.05, 4.69) is 40.9 Å². The highest BCUT2D eigenvalue weighted by Gasteiger charge is 2.29. The van der Waals surface area contributed by atoms with Crippen LogP contribution in [0.1, 0.15) is 35.8 Å². The quantitative estimate of drug-likeness (QED) is 0.320. The van der Waals surface area contributed by atoms with E-state index in [1.54, 1.807) is 18.2 Å². The van der Waals surface area contributed by atoms with Crippen molar-refractivity contribution in [3.05, 3.63) is 91.5 Å². The zero-order chi connectivity index (χ0) is 28.2. The zero-order valence-electron chi connectivity index (χ0n) is 21.9. The lowest BCUT2D eigenvalue weighted by Crippen LogP contribution is -2.53. The van der Waals surface area contributed by atoms with E-state index < -0.39 is 5.82 Å². The van der Waals surface area contributed by atoms with Crippen molar-refractivity contribution in [2.45, 2.75) is 32.0 Å². The summed E-state index contributed by atoms with van der Waals surface area (Å²) in [7, 11) is 0. The van der Waals surface area contributed by atoms with E-state index in [0.717, 1.165) is 62.1 Å². The number of nitrogens with zero attached hydrogens (tertiary/aromatic N) is 4. The molecule has 2 aliphatic rings. The van der Waals surface area contributed by atoms with Crippen LogP contribution in [0.4, 0.5) is 14.6 Å². The molecule has 6 nitrogen and oxygen atoms in total. The summed E-state index contributed by atoms with van der Waals surface area (Å²) in [6.45, 7) is 5.94. The lowest BCUT2D eigenvalue weighted by Gasteiger charge is -2.43. The second-order valence-electron chi connectivity index (χ2n) is 10.2. The van der Waals surface area contributed by atoms with E-state index in [9.17, 15) is 13.6 Å². The van der Waals surface area contributed by atoms with Crippen LogP contribution in [-0.2, 0) is 13.1 Å². The fourth-order valence-corrected chi connectivity index (χ4v) is 6.14. The SMILES string of the molecule is O=C(NCc1ccc(Cl)cc1F)c1cnc(N2CCN(C3CCN(Cc4ccc(Br)cc4F)CC3)CC2)c(Cl)c1.[HH]. The smallest absolute Gasteiger partial charge is 0.253 e. The predicted molar refractivity (Wildman–Crippen MR) is 160 cm³/mol. The first kappa shape index (κ1) is 29.2. The van der Waals surface area contributed by atoms with E-state index in [1.807, 2.05) is 12.1 Å². The Balaban J connectivity index is 0.00000387. The Morgan fingerprint density at radius 3 is 2.35 bits per heavy atom. The fourth-order valence-electron chi connectivity index (χ4n) is 5.36. The Bertz CT molecular complexity index is 1370. The number of likely N-dealkylation sites (tertiary alicyclic amines) is 1. The largest absolute Gasteiger partial charge is 0.353 e. The minimum absolute atomic E-state index is 0. The van der Waals surface area contributed by atoms with Gasteiger partial charge in [-0.1, -0.05) is 51.3 Å². The highest BCUT2D eigenvalue weighted by molar-refractivity contribution is 9.10. The van der Waals surface area contributed by atoms with Gasteiger partial charge in [0.2, 0.25) is 0 Å². The van der Waals surface area contributed by atoms with Gasteiger partial charge < -0.3 is 10.2 Å². The number of carbonyl (C=O) groups is 1. The maximum absolute atomic E-state index is 14.2. The molecule has 0 bridgehead atoms. The molecular weight excluding hydrogens is 623 g/mol. The van der Waals surface area contributed by atoms with E-state index >= 15 is 0 Å². The lowest BCUT2D eigenvalue weighted by atomic mass is 10.0. The first-order valence-electron chi connectivity index (χ1n) is 13.3. The highest BCUT2D eigenvalue weighted by Crippen LogP contribution is 2.27. The topological polar surface area (TPSA) is 51.7 Å². The van der Waals surface area contributed by atoms with Crippen molar-refractivity contribution in [1.82, 2.24) is 20.1 Å². The number of pyridine rings is 1. The van der Waals surface area contributed by atoms with Crippen molar-refractivity contribution < 1.29 is 15.0 Å². The van der Waals surface area contributed by atoms with E-state index in [0.29, 0.717) is 39.6 Å². The van der Waals surface area contributed by atoms with Crippen molar-refractivity contribution in [2.75, 3.05) is 44.2 Å². The van der Waals surface area contributed by atoms with Crippen LogP contribution in [0.3, 0.4) is 0 Å². The molecule has 0 unspecified atom stereocenters. The number of hydrogen-bond donors (Lipinski definition) is 1. The molecule has 214 valence electrons. The summed E-state index contributed by atoms with van der Waals surface area (Å²) in [6.07, 6.45) is 3.62. The summed E-state index contributed by atoms with van der Waals surface area (Å²) in [5, 5.41) is 3.41. The number of amides is 1. The number of piperidine rings is 1. The van der Waals surface area contributed by atoms with Crippen molar-refractivity contribution >= 4 is 50.9 Å². The van der Waals surface area contributed by atoms with Gasteiger partial charge in [0.25, 0.3) is 5.91 Å². The number of hydrogen-bond acceptors (Lipinski definition) is 5. The van der Waals surface area contributed by atoms with Crippen LogP contribution in [0.15, 0.2) is 53.1 Å². The monoisotopic (exact) mass is 653 g/mol. The van der Waals surface area contributed by atoms with Gasteiger partial charge in [0.1, 0.15) is 17.5 Å². The summed E-state index contributed by atoms with van der Waals surface area (Å²) in [6, 6.07) is 11.7. The molecule has 2 aliphatic heterocycles. The molecule has 1 aromatic heterocycles. The molecule has 40 heavy (non-hydrogen) atoms. The Morgan fingerprint density at radius 2 is 1.68 bits per heavy atom. The minimum atomic E-state index is -0.472. The summed E-state index contributed by atoms with van der Waals surface area (Å²) >= 11 is 15.7. The van der Waals surface area contributed by atoms with Crippen LogP contribution in [0.5, 0.6) is 0 Å². The van der Waals surface area contributed by atoms with E-state index in [4.69, 9.17) is 23.2 Å². The third-order valence-electron chi connectivity index (χ3n) is 7.63. The molecule has 2 aromatic carbocycles. The third kappa shape index (κ3) is 7.12. The van der Waals surface area contributed by atoms with Crippen LogP contribution in [0, 0.1) is 11.6 Å². The van der Waals surface area contributed by atoms with Crippen molar-refractivity contribution in [3.63, 3.8) is 0 Å². The molecule has 0 aliphatic carbocycles. The van der Waals surface area contributed by atoms with Gasteiger partial charge >= 0.3 is 0 Å². The summed E-state index contributed by atoms with van der Waals surface area (Å²) in [4.78, 5) is 24.1. The third-order valence-corrected chi connectivity index (χ3v) is 8.64. The Kier molecular flexibility index (Phi) is 9.58. The number of carbonyl (C=O) groups excluding carboxylic acids is 1. The first-order valence-corrected chi connectivity index (χ1v) is 14.8. The number of benzene rings is 2. The molecule has 0 spiro atoms. The highest BCUT2D eigenvalue weighted by atomic mass is 79.9. The molecule has 0 saturated carbocycles. The number of halogens is 5. The number of piperazine rings is 1. The van der Waals surface area contributed by atoms with Crippen LogP contribution < -0.4 is 10.2 Å². The van der Waals surface area contributed by atoms with Gasteiger partial charge in [0, 0.05) is 73.6 Å².